The number of piperazine rings is 1. The summed E-state index contributed by atoms with van der Waals surface area (Å²) in [6.07, 6.45) is 0. The summed E-state index contributed by atoms with van der Waals surface area (Å²) in [5, 5.41) is 2.92. The third-order valence-corrected chi connectivity index (χ3v) is 6.89. The number of nitrogens with one attached hydrogen (secondary N) is 1. The van der Waals surface area contributed by atoms with Crippen LogP contribution in [0.25, 0.3) is 0 Å². The molecule has 1 unspecified atom stereocenters. The highest BCUT2D eigenvalue weighted by Crippen LogP contribution is 2.35. The van der Waals surface area contributed by atoms with Crippen molar-refractivity contribution in [2.24, 2.45) is 0 Å². The van der Waals surface area contributed by atoms with Crippen molar-refractivity contribution < 1.29 is 4.79 Å². The van der Waals surface area contributed by atoms with Crippen LogP contribution in [0.15, 0.2) is 89.8 Å². The number of anilines is 1. The lowest BCUT2D eigenvalue weighted by molar-refractivity contribution is -0.120. The van der Waals surface area contributed by atoms with Gasteiger partial charge in [-0.1, -0.05) is 66.7 Å². The van der Waals surface area contributed by atoms with Crippen molar-refractivity contribution in [1.29, 1.82) is 0 Å². The number of benzene rings is 3. The summed E-state index contributed by atoms with van der Waals surface area (Å²) in [5.41, 5.74) is 3.40. The molecule has 0 radical (unpaired) electrons. The maximum atomic E-state index is 13.3. The minimum atomic E-state index is -0.292. The number of carbonyl (C=O) groups excluding carboxylic acids is 1. The molecule has 3 aromatic rings. The van der Waals surface area contributed by atoms with Gasteiger partial charge in [-0.05, 0) is 36.4 Å². The predicted molar refractivity (Wildman–Crippen MR) is 129 cm³/mol. The van der Waals surface area contributed by atoms with Crippen LogP contribution in [0, 0.1) is 0 Å². The second kappa shape index (κ2) is 10.5. The third kappa shape index (κ3) is 5.69. The van der Waals surface area contributed by atoms with Gasteiger partial charge in [0.15, 0.2) is 0 Å². The fourth-order valence-corrected chi connectivity index (χ4v) is 4.90. The number of nitrogens with zero attached hydrogens (tertiary/aromatic N) is 2. The molecular weight excluding hydrogens is 402 g/mol. The van der Waals surface area contributed by atoms with E-state index in [1.54, 1.807) is 11.8 Å². The lowest BCUT2D eigenvalue weighted by atomic mass is 10.1. The average Bonchev–Trinajstić information content (AvgIpc) is 2.83. The standard InChI is InChI=1S/C26H29N3OS/c1-28-16-18-29(19-17-28)24-15-9-8-12-22(24)20-27-26(30)25(21-10-4-2-5-11-21)31-23-13-6-3-7-14-23/h2-15,25H,16-20H2,1H3,(H,27,30). The number of hydrogen-bond acceptors (Lipinski definition) is 4. The molecule has 0 aliphatic carbocycles. The first-order valence-electron chi connectivity index (χ1n) is 10.8. The molecule has 4 nitrogen and oxygen atoms in total. The van der Waals surface area contributed by atoms with Crippen molar-refractivity contribution in [2.75, 3.05) is 38.1 Å². The molecule has 4 rings (SSSR count). The van der Waals surface area contributed by atoms with Gasteiger partial charge in [-0.15, -0.1) is 11.8 Å². The number of hydrogen-bond donors (Lipinski definition) is 1. The van der Waals surface area contributed by atoms with Gasteiger partial charge in [0.2, 0.25) is 5.91 Å². The minimum Gasteiger partial charge on any atom is -0.369 e. The van der Waals surface area contributed by atoms with Crippen LogP contribution >= 0.6 is 11.8 Å². The van der Waals surface area contributed by atoms with Gasteiger partial charge in [0.1, 0.15) is 5.25 Å². The molecule has 31 heavy (non-hydrogen) atoms. The first-order chi connectivity index (χ1) is 15.2. The normalized spacial score (nSPS) is 15.5. The number of thioether (sulfide) groups is 1. The summed E-state index contributed by atoms with van der Waals surface area (Å²) in [4.78, 5) is 19.2. The number of carbonyl (C=O) groups is 1. The molecule has 1 aliphatic heterocycles. The quantitative estimate of drug-likeness (QED) is 0.555. The van der Waals surface area contributed by atoms with Gasteiger partial charge in [-0.25, -0.2) is 0 Å². The van der Waals surface area contributed by atoms with E-state index in [9.17, 15) is 4.79 Å². The molecule has 1 saturated heterocycles. The monoisotopic (exact) mass is 431 g/mol. The van der Waals surface area contributed by atoms with Gasteiger partial charge in [0, 0.05) is 43.3 Å². The van der Waals surface area contributed by atoms with E-state index in [1.165, 1.54) is 5.69 Å². The van der Waals surface area contributed by atoms with Gasteiger partial charge in [0.05, 0.1) is 0 Å². The summed E-state index contributed by atoms with van der Waals surface area (Å²) < 4.78 is 0. The topological polar surface area (TPSA) is 35.6 Å². The highest BCUT2D eigenvalue weighted by atomic mass is 32.2. The van der Waals surface area contributed by atoms with Crippen molar-refractivity contribution in [3.63, 3.8) is 0 Å². The smallest absolute Gasteiger partial charge is 0.238 e. The van der Waals surface area contributed by atoms with E-state index in [-0.39, 0.29) is 11.2 Å². The van der Waals surface area contributed by atoms with Gasteiger partial charge < -0.3 is 15.1 Å². The van der Waals surface area contributed by atoms with E-state index >= 15 is 0 Å². The van der Waals surface area contributed by atoms with Crippen LogP contribution in [0.1, 0.15) is 16.4 Å². The third-order valence-electron chi connectivity index (χ3n) is 5.63. The van der Waals surface area contributed by atoms with Crippen molar-refractivity contribution in [3.8, 4) is 0 Å². The van der Waals surface area contributed by atoms with Crippen molar-refractivity contribution in [1.82, 2.24) is 10.2 Å². The molecule has 1 fully saturated rings. The summed E-state index contributed by atoms with van der Waals surface area (Å²) in [7, 11) is 2.16. The van der Waals surface area contributed by atoms with Crippen LogP contribution in [0.5, 0.6) is 0 Å². The summed E-state index contributed by atoms with van der Waals surface area (Å²) in [5.74, 6) is 0.0354. The second-order valence-electron chi connectivity index (χ2n) is 7.86. The van der Waals surface area contributed by atoms with E-state index in [4.69, 9.17) is 0 Å². The van der Waals surface area contributed by atoms with Gasteiger partial charge >= 0.3 is 0 Å². The lowest BCUT2D eigenvalue weighted by Crippen LogP contribution is -2.45. The van der Waals surface area contributed by atoms with Crippen LogP contribution in [0.3, 0.4) is 0 Å². The molecule has 5 heteroatoms. The highest BCUT2D eigenvalue weighted by Gasteiger charge is 2.23. The molecule has 0 saturated carbocycles. The van der Waals surface area contributed by atoms with Crippen molar-refractivity contribution >= 4 is 23.4 Å². The van der Waals surface area contributed by atoms with E-state index in [2.05, 4.69) is 58.6 Å². The average molecular weight is 432 g/mol. The molecule has 0 spiro atoms. The molecule has 1 heterocycles. The maximum Gasteiger partial charge on any atom is 0.238 e. The Hall–Kier alpha value is -2.76. The molecule has 1 aliphatic rings. The largest absolute Gasteiger partial charge is 0.369 e. The van der Waals surface area contributed by atoms with E-state index in [0.29, 0.717) is 6.54 Å². The van der Waals surface area contributed by atoms with Gasteiger partial charge in [0.25, 0.3) is 0 Å². The number of rotatable bonds is 7. The Kier molecular flexibility index (Phi) is 7.28. The number of amides is 1. The summed E-state index contributed by atoms with van der Waals surface area (Å²) >= 11 is 1.59. The fraction of sp³-hybridized carbons (Fsp3) is 0.269. The summed E-state index contributed by atoms with van der Waals surface area (Å²) in [6, 6.07) is 28.6. The summed E-state index contributed by atoms with van der Waals surface area (Å²) in [6.45, 7) is 4.67. The minimum absolute atomic E-state index is 0.0354. The fourth-order valence-electron chi connectivity index (χ4n) is 3.83. The Morgan fingerprint density at radius 2 is 1.48 bits per heavy atom. The molecule has 1 amide bonds. The Morgan fingerprint density at radius 3 is 2.19 bits per heavy atom. The van der Waals surface area contributed by atoms with Gasteiger partial charge in [-0.2, -0.15) is 0 Å². The molecule has 0 aromatic heterocycles. The van der Waals surface area contributed by atoms with Crippen LogP contribution in [-0.2, 0) is 11.3 Å². The van der Waals surface area contributed by atoms with Crippen LogP contribution in [0.4, 0.5) is 5.69 Å². The Bertz CT molecular complexity index is 972. The van der Waals surface area contributed by atoms with E-state index in [1.807, 2.05) is 48.5 Å². The number of likely N-dealkylation sites (N-methyl/N-ethyl adjacent to an activating group) is 1. The first kappa shape index (κ1) is 21.5. The Labute approximate surface area is 189 Å². The van der Waals surface area contributed by atoms with Crippen molar-refractivity contribution in [3.05, 3.63) is 96.1 Å². The zero-order chi connectivity index (χ0) is 21.5. The van der Waals surface area contributed by atoms with E-state index in [0.717, 1.165) is 42.2 Å². The SMILES string of the molecule is CN1CCN(c2ccccc2CNC(=O)C(Sc2ccccc2)c2ccccc2)CC1. The maximum absolute atomic E-state index is 13.3. The Morgan fingerprint density at radius 1 is 0.871 bits per heavy atom. The van der Waals surface area contributed by atoms with Gasteiger partial charge in [-0.3, -0.25) is 4.79 Å². The Balaban J connectivity index is 1.48. The predicted octanol–water partition coefficient (Wildman–Crippen LogP) is 4.59. The highest BCUT2D eigenvalue weighted by molar-refractivity contribution is 8.00. The molecule has 1 N–H and O–H groups in total. The second-order valence-corrected chi connectivity index (χ2v) is 9.04. The van der Waals surface area contributed by atoms with Crippen LogP contribution < -0.4 is 10.2 Å². The van der Waals surface area contributed by atoms with E-state index < -0.39 is 0 Å². The number of para-hydroxylation sites is 1. The first-order valence-corrected chi connectivity index (χ1v) is 11.6. The molecule has 160 valence electrons. The lowest BCUT2D eigenvalue weighted by Gasteiger charge is -2.35. The van der Waals surface area contributed by atoms with Crippen LogP contribution in [-0.4, -0.2) is 44.0 Å². The van der Waals surface area contributed by atoms with Crippen molar-refractivity contribution in [2.45, 2.75) is 16.7 Å². The molecular formula is C26H29N3OS. The molecule has 1 atom stereocenters. The zero-order valence-electron chi connectivity index (χ0n) is 17.9. The van der Waals surface area contributed by atoms with Crippen LogP contribution in [0.2, 0.25) is 0 Å². The molecule has 0 bridgehead atoms. The molecule has 3 aromatic carbocycles. The zero-order valence-corrected chi connectivity index (χ0v) is 18.7.